The Balaban J connectivity index is 1.16. The van der Waals surface area contributed by atoms with Crippen LogP contribution in [0.15, 0.2) is 46.9 Å². The molecule has 2 aromatic carbocycles. The number of rotatable bonds is 4. The van der Waals surface area contributed by atoms with Crippen LogP contribution in [0.4, 0.5) is 0 Å². The number of aryl methyl sites for hydroxylation is 1. The maximum absolute atomic E-state index is 12.7. The molecule has 1 aromatic heterocycles. The number of benzene rings is 2. The van der Waals surface area contributed by atoms with Gasteiger partial charge in [0, 0.05) is 10.9 Å². The van der Waals surface area contributed by atoms with E-state index in [0.717, 1.165) is 62.2 Å². The van der Waals surface area contributed by atoms with Gasteiger partial charge in [-0.1, -0.05) is 35.9 Å². The summed E-state index contributed by atoms with van der Waals surface area (Å²) in [6, 6.07) is 14.2. The highest BCUT2D eigenvalue weighted by atomic mass is 35.5. The zero-order chi connectivity index (χ0) is 20.5. The van der Waals surface area contributed by atoms with Gasteiger partial charge < -0.3 is 9.73 Å². The Bertz CT molecular complexity index is 1060. The molecule has 1 saturated heterocycles. The molecule has 30 heavy (non-hydrogen) atoms. The van der Waals surface area contributed by atoms with Gasteiger partial charge in [-0.25, -0.2) is 4.98 Å². The van der Waals surface area contributed by atoms with Crippen LogP contribution in [0.3, 0.4) is 0 Å². The second kappa shape index (κ2) is 8.40. The average Bonchev–Trinajstić information content (AvgIpc) is 3.18. The zero-order valence-electron chi connectivity index (χ0n) is 16.9. The van der Waals surface area contributed by atoms with Gasteiger partial charge in [-0.3, -0.25) is 9.69 Å². The summed E-state index contributed by atoms with van der Waals surface area (Å²) in [4.78, 5) is 19.6. The van der Waals surface area contributed by atoms with Gasteiger partial charge in [-0.2, -0.15) is 0 Å². The highest BCUT2D eigenvalue weighted by Gasteiger charge is 2.27. The lowest BCUT2D eigenvalue weighted by molar-refractivity contribution is -0.123. The number of fused-ring (bicyclic) bond motifs is 2. The number of carbonyl (C=O) groups is 1. The molecule has 156 valence electrons. The number of hydrogen-bond donors (Lipinski definition) is 1. The minimum Gasteiger partial charge on any atom is -0.440 e. The van der Waals surface area contributed by atoms with Crippen LogP contribution < -0.4 is 5.32 Å². The van der Waals surface area contributed by atoms with Crippen LogP contribution in [0.25, 0.3) is 11.1 Å². The lowest BCUT2D eigenvalue weighted by Gasteiger charge is -2.31. The minimum atomic E-state index is 0.117. The molecule has 0 bridgehead atoms. The average molecular weight is 424 g/mol. The maximum Gasteiger partial charge on any atom is 0.234 e. The fraction of sp³-hybridized carbons (Fsp3) is 0.417. The first-order valence-corrected chi connectivity index (χ1v) is 11.2. The summed E-state index contributed by atoms with van der Waals surface area (Å²) >= 11 is 6.05. The molecule has 5 rings (SSSR count). The lowest BCUT2D eigenvalue weighted by atomic mass is 9.88. The third-order valence-corrected chi connectivity index (χ3v) is 6.61. The largest absolute Gasteiger partial charge is 0.440 e. The van der Waals surface area contributed by atoms with Crippen LogP contribution in [0.1, 0.15) is 54.7 Å². The molecular formula is C24H26ClN3O2. The summed E-state index contributed by atoms with van der Waals surface area (Å²) < 4.78 is 5.95. The van der Waals surface area contributed by atoms with E-state index in [9.17, 15) is 4.79 Å². The smallest absolute Gasteiger partial charge is 0.234 e. The molecule has 5 nitrogen and oxygen atoms in total. The standard InChI is InChI=1S/C24H26ClN3O2/c25-18-8-9-22-21(14-18)27-24(30-22)17-10-12-28(13-11-17)15-23(29)26-20-7-3-5-16-4-1-2-6-19(16)20/h1-2,4,6,8-9,14,17,20H,3,5,7,10-13,15H2,(H,26,29). The molecule has 1 aliphatic carbocycles. The van der Waals surface area contributed by atoms with Gasteiger partial charge in [-0.15, -0.1) is 0 Å². The first-order chi connectivity index (χ1) is 14.7. The number of aromatic nitrogens is 1. The summed E-state index contributed by atoms with van der Waals surface area (Å²) in [7, 11) is 0. The van der Waals surface area contributed by atoms with E-state index in [4.69, 9.17) is 16.0 Å². The molecule has 1 unspecified atom stereocenters. The number of likely N-dealkylation sites (tertiary alicyclic amines) is 1. The predicted molar refractivity (Wildman–Crippen MR) is 118 cm³/mol. The van der Waals surface area contributed by atoms with E-state index in [1.165, 1.54) is 11.1 Å². The van der Waals surface area contributed by atoms with E-state index in [2.05, 4.69) is 39.5 Å². The molecule has 0 saturated carbocycles. The van der Waals surface area contributed by atoms with Crippen molar-refractivity contribution in [3.63, 3.8) is 0 Å². The van der Waals surface area contributed by atoms with Crippen molar-refractivity contribution in [3.8, 4) is 0 Å². The quantitative estimate of drug-likeness (QED) is 0.651. The van der Waals surface area contributed by atoms with Gasteiger partial charge in [0.05, 0.1) is 12.6 Å². The Morgan fingerprint density at radius 3 is 2.87 bits per heavy atom. The highest BCUT2D eigenvalue weighted by molar-refractivity contribution is 6.31. The number of carbonyl (C=O) groups excluding carboxylic acids is 1. The number of amides is 1. The first-order valence-electron chi connectivity index (χ1n) is 10.8. The van der Waals surface area contributed by atoms with E-state index < -0.39 is 0 Å². The number of nitrogens with zero attached hydrogens (tertiary/aromatic N) is 2. The Morgan fingerprint density at radius 1 is 1.17 bits per heavy atom. The van der Waals surface area contributed by atoms with Gasteiger partial charge >= 0.3 is 0 Å². The Morgan fingerprint density at radius 2 is 2.00 bits per heavy atom. The van der Waals surface area contributed by atoms with Gasteiger partial charge in [0.1, 0.15) is 5.52 Å². The van der Waals surface area contributed by atoms with Crippen LogP contribution in [0.2, 0.25) is 5.02 Å². The van der Waals surface area contributed by atoms with Crippen molar-refractivity contribution in [3.05, 3.63) is 64.5 Å². The summed E-state index contributed by atoms with van der Waals surface area (Å²) in [5.74, 6) is 1.20. The summed E-state index contributed by atoms with van der Waals surface area (Å²) in [5, 5.41) is 3.93. The molecule has 0 radical (unpaired) electrons. The predicted octanol–water partition coefficient (Wildman–Crippen LogP) is 4.85. The topological polar surface area (TPSA) is 58.4 Å². The second-order valence-corrected chi connectivity index (χ2v) is 8.86. The number of piperidine rings is 1. The fourth-order valence-electron chi connectivity index (χ4n) is 4.78. The summed E-state index contributed by atoms with van der Waals surface area (Å²) in [6.45, 7) is 2.20. The van der Waals surface area contributed by atoms with Crippen molar-refractivity contribution in [1.29, 1.82) is 0 Å². The fourth-order valence-corrected chi connectivity index (χ4v) is 4.94. The van der Waals surface area contributed by atoms with Crippen LogP contribution in [-0.2, 0) is 11.2 Å². The van der Waals surface area contributed by atoms with Gasteiger partial charge in [0.25, 0.3) is 0 Å². The van der Waals surface area contributed by atoms with E-state index in [-0.39, 0.29) is 11.9 Å². The Labute approximate surface area is 181 Å². The molecule has 0 spiro atoms. The molecule has 1 amide bonds. The molecular weight excluding hydrogens is 398 g/mol. The van der Waals surface area contributed by atoms with E-state index in [1.54, 1.807) is 0 Å². The zero-order valence-corrected chi connectivity index (χ0v) is 17.7. The first kappa shape index (κ1) is 19.6. The van der Waals surface area contributed by atoms with E-state index in [0.29, 0.717) is 17.5 Å². The minimum absolute atomic E-state index is 0.117. The summed E-state index contributed by atoms with van der Waals surface area (Å²) in [6.07, 6.45) is 5.15. The maximum atomic E-state index is 12.7. The van der Waals surface area contributed by atoms with Gasteiger partial charge in [-0.05, 0) is 74.5 Å². The lowest BCUT2D eigenvalue weighted by Crippen LogP contribution is -2.42. The molecule has 1 N–H and O–H groups in total. The Kier molecular flexibility index (Phi) is 5.48. The monoisotopic (exact) mass is 423 g/mol. The Hall–Kier alpha value is -2.37. The SMILES string of the molecule is O=C(CN1CCC(c2nc3cc(Cl)ccc3o2)CC1)NC1CCCc2ccccc21. The molecule has 6 heteroatoms. The molecule has 2 heterocycles. The molecule has 1 atom stereocenters. The van der Waals surface area contributed by atoms with Crippen LogP contribution in [0.5, 0.6) is 0 Å². The number of nitrogens with one attached hydrogen (secondary N) is 1. The third kappa shape index (κ3) is 4.09. The van der Waals surface area contributed by atoms with E-state index >= 15 is 0 Å². The van der Waals surface area contributed by atoms with Gasteiger partial charge in [0.2, 0.25) is 5.91 Å². The van der Waals surface area contributed by atoms with Gasteiger partial charge in [0.15, 0.2) is 11.5 Å². The molecule has 3 aromatic rings. The van der Waals surface area contributed by atoms with Crippen molar-refractivity contribution in [2.24, 2.45) is 0 Å². The second-order valence-electron chi connectivity index (χ2n) is 8.43. The number of halogens is 1. The molecule has 1 aliphatic heterocycles. The van der Waals surface area contributed by atoms with Crippen LogP contribution >= 0.6 is 11.6 Å². The molecule has 2 aliphatic rings. The number of hydrogen-bond acceptors (Lipinski definition) is 4. The number of oxazole rings is 1. The van der Waals surface area contributed by atoms with Crippen LogP contribution in [-0.4, -0.2) is 35.4 Å². The molecule has 1 fully saturated rings. The van der Waals surface area contributed by atoms with Crippen molar-refractivity contribution in [2.45, 2.75) is 44.1 Å². The summed E-state index contributed by atoms with van der Waals surface area (Å²) in [5.41, 5.74) is 4.25. The van der Waals surface area contributed by atoms with Crippen molar-refractivity contribution in [2.75, 3.05) is 19.6 Å². The van der Waals surface area contributed by atoms with E-state index in [1.807, 2.05) is 18.2 Å². The normalized spacial score (nSPS) is 20.2. The van der Waals surface area contributed by atoms with Crippen molar-refractivity contribution < 1.29 is 9.21 Å². The van der Waals surface area contributed by atoms with Crippen molar-refractivity contribution in [1.82, 2.24) is 15.2 Å². The van der Waals surface area contributed by atoms with Crippen molar-refractivity contribution >= 4 is 28.6 Å². The highest BCUT2D eigenvalue weighted by Crippen LogP contribution is 2.31. The van der Waals surface area contributed by atoms with Crippen LogP contribution in [0, 0.1) is 0 Å². The third-order valence-electron chi connectivity index (χ3n) is 6.37.